The van der Waals surface area contributed by atoms with Crippen molar-refractivity contribution in [3.05, 3.63) is 34.9 Å². The van der Waals surface area contributed by atoms with Crippen LogP contribution in [0, 0.1) is 19.8 Å². The molecule has 3 nitrogen and oxygen atoms in total. The first-order valence-corrected chi connectivity index (χ1v) is 7.61. The summed E-state index contributed by atoms with van der Waals surface area (Å²) in [7, 11) is 1.82. The molecule has 1 heterocycles. The Morgan fingerprint density at radius 1 is 1.35 bits per heavy atom. The zero-order valence-corrected chi connectivity index (χ0v) is 13.2. The number of ether oxygens (including phenoxy) is 1. The second-order valence-electron chi connectivity index (χ2n) is 6.09. The van der Waals surface area contributed by atoms with Crippen molar-refractivity contribution in [2.24, 2.45) is 11.7 Å². The third kappa shape index (κ3) is 3.05. The van der Waals surface area contributed by atoms with Gasteiger partial charge in [-0.1, -0.05) is 25.1 Å². The third-order valence-electron chi connectivity index (χ3n) is 4.76. The van der Waals surface area contributed by atoms with E-state index in [1.165, 1.54) is 23.1 Å². The average Bonchev–Trinajstić information content (AvgIpc) is 2.44. The number of methoxy groups -OCH3 is 1. The summed E-state index contributed by atoms with van der Waals surface area (Å²) in [5.74, 6) is 0.632. The van der Waals surface area contributed by atoms with Gasteiger partial charge in [-0.15, -0.1) is 0 Å². The first-order chi connectivity index (χ1) is 9.58. The summed E-state index contributed by atoms with van der Waals surface area (Å²) in [5.41, 5.74) is 10.2. The molecule has 112 valence electrons. The van der Waals surface area contributed by atoms with Crippen LogP contribution in [0.2, 0.25) is 0 Å². The zero-order valence-electron chi connectivity index (χ0n) is 13.2. The maximum atomic E-state index is 6.11. The van der Waals surface area contributed by atoms with Crippen LogP contribution in [0.15, 0.2) is 18.2 Å². The molecule has 3 atom stereocenters. The standard InChI is InChI=1S/C17H28N2O/c1-12-8-9-19(11-16(12)20-4)15(10-18)17-13(2)6-5-7-14(17)3/h5-7,12,15-16H,8-11,18H2,1-4H3. The Bertz CT molecular complexity index is 426. The minimum atomic E-state index is 0.307. The average molecular weight is 276 g/mol. The van der Waals surface area contributed by atoms with Gasteiger partial charge in [0.15, 0.2) is 0 Å². The van der Waals surface area contributed by atoms with Gasteiger partial charge in [-0.2, -0.15) is 0 Å². The van der Waals surface area contributed by atoms with Gasteiger partial charge < -0.3 is 10.5 Å². The fourth-order valence-electron chi connectivity index (χ4n) is 3.45. The normalized spacial score (nSPS) is 25.6. The number of nitrogens with zero attached hydrogens (tertiary/aromatic N) is 1. The van der Waals surface area contributed by atoms with Crippen molar-refractivity contribution in [2.75, 3.05) is 26.7 Å². The Balaban J connectivity index is 2.24. The van der Waals surface area contributed by atoms with Gasteiger partial charge in [0.2, 0.25) is 0 Å². The van der Waals surface area contributed by atoms with E-state index in [0.717, 1.165) is 13.1 Å². The van der Waals surface area contributed by atoms with Crippen LogP contribution in [-0.4, -0.2) is 37.7 Å². The Hall–Kier alpha value is -0.900. The number of nitrogens with two attached hydrogens (primary N) is 1. The van der Waals surface area contributed by atoms with Gasteiger partial charge in [0.25, 0.3) is 0 Å². The van der Waals surface area contributed by atoms with Gasteiger partial charge in [0.1, 0.15) is 0 Å². The number of likely N-dealkylation sites (tertiary alicyclic amines) is 1. The number of benzene rings is 1. The third-order valence-corrected chi connectivity index (χ3v) is 4.76. The van der Waals surface area contributed by atoms with E-state index in [0.29, 0.717) is 24.6 Å². The van der Waals surface area contributed by atoms with Crippen LogP contribution in [0.1, 0.15) is 36.1 Å². The molecule has 3 unspecified atom stereocenters. The first kappa shape index (κ1) is 15.5. The summed E-state index contributed by atoms with van der Waals surface area (Å²) in [6.45, 7) is 9.40. The lowest BCUT2D eigenvalue weighted by Crippen LogP contribution is -2.47. The topological polar surface area (TPSA) is 38.5 Å². The number of piperidine rings is 1. The van der Waals surface area contributed by atoms with Crippen LogP contribution in [0.3, 0.4) is 0 Å². The van der Waals surface area contributed by atoms with Crippen LogP contribution in [0.4, 0.5) is 0 Å². The smallest absolute Gasteiger partial charge is 0.0724 e. The summed E-state index contributed by atoms with van der Waals surface area (Å²) in [6.07, 6.45) is 1.50. The highest BCUT2D eigenvalue weighted by Crippen LogP contribution is 2.30. The van der Waals surface area contributed by atoms with Crippen molar-refractivity contribution in [1.82, 2.24) is 4.90 Å². The molecule has 1 aromatic carbocycles. The number of rotatable bonds is 4. The SMILES string of the molecule is COC1CN(C(CN)c2c(C)cccc2C)CCC1C. The summed E-state index contributed by atoms with van der Waals surface area (Å²) < 4.78 is 5.64. The predicted molar refractivity (Wildman–Crippen MR) is 83.9 cm³/mol. The Labute approximate surface area is 123 Å². The summed E-state index contributed by atoms with van der Waals surface area (Å²) >= 11 is 0. The molecule has 20 heavy (non-hydrogen) atoms. The highest BCUT2D eigenvalue weighted by Gasteiger charge is 2.31. The van der Waals surface area contributed by atoms with Gasteiger partial charge in [0, 0.05) is 26.2 Å². The van der Waals surface area contributed by atoms with E-state index in [9.17, 15) is 0 Å². The van der Waals surface area contributed by atoms with E-state index in [1.54, 1.807) is 0 Å². The van der Waals surface area contributed by atoms with Crippen LogP contribution in [0.25, 0.3) is 0 Å². The second kappa shape index (κ2) is 6.70. The molecule has 1 aliphatic rings. The van der Waals surface area contributed by atoms with Gasteiger partial charge in [-0.25, -0.2) is 0 Å². The van der Waals surface area contributed by atoms with Crippen molar-refractivity contribution in [3.8, 4) is 0 Å². The Kier molecular flexibility index (Phi) is 5.19. The lowest BCUT2D eigenvalue weighted by atomic mass is 9.90. The van der Waals surface area contributed by atoms with Gasteiger partial charge in [0.05, 0.1) is 6.10 Å². The van der Waals surface area contributed by atoms with Gasteiger partial charge in [-0.05, 0) is 49.4 Å². The monoisotopic (exact) mass is 276 g/mol. The maximum Gasteiger partial charge on any atom is 0.0724 e. The molecular formula is C17H28N2O. The van der Waals surface area contributed by atoms with Crippen LogP contribution in [0.5, 0.6) is 0 Å². The lowest BCUT2D eigenvalue weighted by Gasteiger charge is -2.41. The van der Waals surface area contributed by atoms with E-state index in [2.05, 4.69) is 43.9 Å². The Morgan fingerprint density at radius 3 is 2.55 bits per heavy atom. The minimum absolute atomic E-state index is 0.307. The molecule has 0 amide bonds. The molecule has 1 fully saturated rings. The van der Waals surface area contributed by atoms with Gasteiger partial charge in [-0.3, -0.25) is 4.90 Å². The van der Waals surface area contributed by atoms with E-state index in [4.69, 9.17) is 10.5 Å². The van der Waals surface area contributed by atoms with Crippen molar-refractivity contribution in [1.29, 1.82) is 0 Å². The first-order valence-electron chi connectivity index (χ1n) is 7.61. The highest BCUT2D eigenvalue weighted by molar-refractivity contribution is 5.36. The molecule has 1 saturated heterocycles. The molecule has 0 spiro atoms. The molecule has 0 bridgehead atoms. The molecule has 1 aliphatic heterocycles. The summed E-state index contributed by atoms with van der Waals surface area (Å²) in [4.78, 5) is 2.50. The fourth-order valence-corrected chi connectivity index (χ4v) is 3.45. The van der Waals surface area contributed by atoms with E-state index in [1.807, 2.05) is 7.11 Å². The zero-order chi connectivity index (χ0) is 14.7. The van der Waals surface area contributed by atoms with Crippen molar-refractivity contribution in [2.45, 2.75) is 39.3 Å². The molecule has 0 radical (unpaired) electrons. The summed E-state index contributed by atoms with van der Waals surface area (Å²) in [6, 6.07) is 6.80. The molecule has 1 aromatic rings. The largest absolute Gasteiger partial charge is 0.380 e. The predicted octanol–water partition coefficient (Wildman–Crippen LogP) is 2.66. The quantitative estimate of drug-likeness (QED) is 0.919. The van der Waals surface area contributed by atoms with Gasteiger partial charge >= 0.3 is 0 Å². The molecule has 3 heteroatoms. The van der Waals surface area contributed by atoms with Crippen molar-refractivity contribution in [3.63, 3.8) is 0 Å². The molecule has 0 aliphatic carbocycles. The van der Waals surface area contributed by atoms with Crippen LogP contribution < -0.4 is 5.73 Å². The number of hydrogen-bond acceptors (Lipinski definition) is 3. The van der Waals surface area contributed by atoms with E-state index >= 15 is 0 Å². The van der Waals surface area contributed by atoms with Crippen LogP contribution in [-0.2, 0) is 4.74 Å². The molecule has 0 saturated carbocycles. The minimum Gasteiger partial charge on any atom is -0.380 e. The maximum absolute atomic E-state index is 6.11. The molecular weight excluding hydrogens is 248 g/mol. The summed E-state index contributed by atoms with van der Waals surface area (Å²) in [5, 5.41) is 0. The van der Waals surface area contributed by atoms with Crippen molar-refractivity contribution < 1.29 is 4.74 Å². The number of aryl methyl sites for hydroxylation is 2. The number of hydrogen-bond donors (Lipinski definition) is 1. The molecule has 2 N–H and O–H groups in total. The molecule has 2 rings (SSSR count). The highest BCUT2D eigenvalue weighted by atomic mass is 16.5. The van der Waals surface area contributed by atoms with E-state index < -0.39 is 0 Å². The van der Waals surface area contributed by atoms with Crippen LogP contribution >= 0.6 is 0 Å². The lowest BCUT2D eigenvalue weighted by molar-refractivity contribution is -0.0184. The fraction of sp³-hybridized carbons (Fsp3) is 0.647. The second-order valence-corrected chi connectivity index (χ2v) is 6.09. The van der Waals surface area contributed by atoms with Crippen molar-refractivity contribution >= 4 is 0 Å². The van der Waals surface area contributed by atoms with E-state index in [-0.39, 0.29) is 0 Å². The Morgan fingerprint density at radius 2 is 2.00 bits per heavy atom. The molecule has 0 aromatic heterocycles.